The van der Waals surface area contributed by atoms with Crippen LogP contribution in [0.5, 0.6) is 0 Å². The Morgan fingerprint density at radius 3 is 2.25 bits per heavy atom. The van der Waals surface area contributed by atoms with Gasteiger partial charge in [-0.05, 0) is 0 Å². The maximum Gasteiger partial charge on any atom is 0.382 e. The number of nitrogens with two attached hydrogens (primary N) is 2. The van der Waals surface area contributed by atoms with Crippen LogP contribution in [0.1, 0.15) is 0 Å². The zero-order chi connectivity index (χ0) is 6.57. The van der Waals surface area contributed by atoms with E-state index in [4.69, 9.17) is 16.6 Å². The molecule has 4 nitrogen and oxygen atoms in total. The van der Waals surface area contributed by atoms with Gasteiger partial charge in [0.05, 0.1) is 0 Å². The minimum absolute atomic E-state index is 0.855. The van der Waals surface area contributed by atoms with Gasteiger partial charge in [-0.25, -0.2) is 4.79 Å². The lowest BCUT2D eigenvalue weighted by Crippen LogP contribution is -2.28. The van der Waals surface area contributed by atoms with Crippen molar-refractivity contribution in [3.8, 4) is 11.8 Å². The third kappa shape index (κ3) is 4.95. The standard InChI is InChI=1S/C4H6N2O2/c5-3(6)1-2-4(7)8/h3H,5-6H2,(H,7,8). The summed E-state index contributed by atoms with van der Waals surface area (Å²) in [5, 5.41) is 7.88. The third-order valence-electron chi connectivity index (χ3n) is 0.346. The van der Waals surface area contributed by atoms with Gasteiger partial charge in [-0.1, -0.05) is 5.92 Å². The summed E-state index contributed by atoms with van der Waals surface area (Å²) >= 11 is 0. The highest BCUT2D eigenvalue weighted by Crippen LogP contribution is 1.57. The van der Waals surface area contributed by atoms with Crippen LogP contribution in [0.2, 0.25) is 0 Å². The van der Waals surface area contributed by atoms with E-state index in [0.29, 0.717) is 0 Å². The van der Waals surface area contributed by atoms with Crippen LogP contribution in [0.3, 0.4) is 0 Å². The summed E-state index contributed by atoms with van der Waals surface area (Å²) in [5.41, 5.74) is 9.76. The maximum absolute atomic E-state index is 9.62. The maximum atomic E-state index is 9.62. The quantitative estimate of drug-likeness (QED) is 0.259. The van der Waals surface area contributed by atoms with Gasteiger partial charge in [-0.3, -0.25) is 0 Å². The molecule has 0 spiro atoms. The van der Waals surface area contributed by atoms with Gasteiger partial charge >= 0.3 is 5.97 Å². The molecule has 0 rings (SSSR count). The van der Waals surface area contributed by atoms with E-state index in [-0.39, 0.29) is 0 Å². The summed E-state index contributed by atoms with van der Waals surface area (Å²) in [6.45, 7) is 0. The zero-order valence-electron chi connectivity index (χ0n) is 4.09. The number of rotatable bonds is 0. The van der Waals surface area contributed by atoms with Crippen LogP contribution in [0.4, 0.5) is 0 Å². The predicted octanol–water partition coefficient (Wildman–Crippen LogP) is -1.68. The van der Waals surface area contributed by atoms with Gasteiger partial charge in [0.2, 0.25) is 0 Å². The summed E-state index contributed by atoms with van der Waals surface area (Å²) < 4.78 is 0. The summed E-state index contributed by atoms with van der Waals surface area (Å²) in [5.74, 6) is 2.60. The lowest BCUT2D eigenvalue weighted by molar-refractivity contribution is -0.130. The summed E-state index contributed by atoms with van der Waals surface area (Å²) in [6.07, 6.45) is -0.855. The molecule has 0 saturated carbocycles. The highest BCUT2D eigenvalue weighted by molar-refractivity contribution is 5.86. The molecular weight excluding hydrogens is 108 g/mol. The number of hydrogen-bond donors (Lipinski definition) is 3. The minimum Gasteiger partial charge on any atom is -0.472 e. The molecule has 0 heterocycles. The molecule has 0 aromatic heterocycles. The van der Waals surface area contributed by atoms with Gasteiger partial charge in [-0.15, -0.1) is 0 Å². The van der Waals surface area contributed by atoms with Crippen molar-refractivity contribution >= 4 is 5.97 Å². The van der Waals surface area contributed by atoms with Crippen LogP contribution in [0.25, 0.3) is 0 Å². The van der Waals surface area contributed by atoms with Crippen molar-refractivity contribution in [3.63, 3.8) is 0 Å². The van der Waals surface area contributed by atoms with Crippen molar-refractivity contribution in [2.24, 2.45) is 11.5 Å². The average Bonchev–Trinajstić information content (AvgIpc) is 1.61. The Labute approximate surface area is 46.5 Å². The van der Waals surface area contributed by atoms with E-state index in [9.17, 15) is 4.79 Å². The molecular formula is C4H6N2O2. The summed E-state index contributed by atoms with van der Waals surface area (Å²) in [7, 11) is 0. The zero-order valence-corrected chi connectivity index (χ0v) is 4.09. The third-order valence-corrected chi connectivity index (χ3v) is 0.346. The number of carboxylic acid groups (broad SMARTS) is 1. The van der Waals surface area contributed by atoms with Gasteiger partial charge in [0, 0.05) is 5.92 Å². The largest absolute Gasteiger partial charge is 0.472 e. The van der Waals surface area contributed by atoms with Crippen LogP contribution in [-0.2, 0) is 4.79 Å². The SMILES string of the molecule is NC(N)C#CC(=O)O. The number of aliphatic carboxylic acids is 1. The number of carbonyl (C=O) groups is 1. The smallest absolute Gasteiger partial charge is 0.382 e. The van der Waals surface area contributed by atoms with E-state index in [1.165, 1.54) is 0 Å². The van der Waals surface area contributed by atoms with E-state index >= 15 is 0 Å². The summed E-state index contributed by atoms with van der Waals surface area (Å²) in [4.78, 5) is 9.62. The normalized spacial score (nSPS) is 7.88. The molecule has 44 valence electrons. The van der Waals surface area contributed by atoms with E-state index < -0.39 is 12.1 Å². The molecule has 5 N–H and O–H groups in total. The van der Waals surface area contributed by atoms with Crippen molar-refractivity contribution in [2.75, 3.05) is 0 Å². The fourth-order valence-corrected chi connectivity index (χ4v) is 0.145. The lowest BCUT2D eigenvalue weighted by atomic mass is 10.5. The van der Waals surface area contributed by atoms with Gasteiger partial charge < -0.3 is 16.6 Å². The van der Waals surface area contributed by atoms with Crippen LogP contribution in [-0.4, -0.2) is 17.2 Å². The monoisotopic (exact) mass is 114 g/mol. The first-order valence-corrected chi connectivity index (χ1v) is 1.88. The van der Waals surface area contributed by atoms with Crippen molar-refractivity contribution < 1.29 is 9.90 Å². The molecule has 0 saturated heterocycles. The Morgan fingerprint density at radius 1 is 1.62 bits per heavy atom. The number of hydrogen-bond acceptors (Lipinski definition) is 3. The molecule has 0 bridgehead atoms. The fourth-order valence-electron chi connectivity index (χ4n) is 0.145. The minimum atomic E-state index is -1.22. The second-order valence-electron chi connectivity index (χ2n) is 1.10. The van der Waals surface area contributed by atoms with Crippen LogP contribution in [0, 0.1) is 11.8 Å². The van der Waals surface area contributed by atoms with E-state index in [1.807, 2.05) is 0 Å². The Balaban J connectivity index is 3.68. The van der Waals surface area contributed by atoms with Crippen molar-refractivity contribution in [2.45, 2.75) is 6.17 Å². The lowest BCUT2D eigenvalue weighted by Gasteiger charge is -1.85. The topological polar surface area (TPSA) is 89.3 Å². The molecule has 8 heavy (non-hydrogen) atoms. The number of carboxylic acids is 1. The van der Waals surface area contributed by atoms with Crippen LogP contribution in [0.15, 0.2) is 0 Å². The van der Waals surface area contributed by atoms with Crippen molar-refractivity contribution in [1.82, 2.24) is 0 Å². The molecule has 0 amide bonds. The van der Waals surface area contributed by atoms with E-state index in [1.54, 1.807) is 5.92 Å². The second-order valence-corrected chi connectivity index (χ2v) is 1.10. The van der Waals surface area contributed by atoms with Crippen molar-refractivity contribution in [1.29, 1.82) is 0 Å². The van der Waals surface area contributed by atoms with E-state index in [0.717, 1.165) is 0 Å². The molecule has 0 aliphatic rings. The second kappa shape index (κ2) is 3.02. The van der Waals surface area contributed by atoms with Gasteiger partial charge in [0.25, 0.3) is 0 Å². The molecule has 0 aromatic carbocycles. The Hall–Kier alpha value is -1.05. The van der Waals surface area contributed by atoms with E-state index in [2.05, 4.69) is 5.92 Å². The van der Waals surface area contributed by atoms with Gasteiger partial charge in [0.15, 0.2) is 0 Å². The molecule has 0 atom stereocenters. The van der Waals surface area contributed by atoms with Gasteiger partial charge in [-0.2, -0.15) is 0 Å². The van der Waals surface area contributed by atoms with Crippen LogP contribution >= 0.6 is 0 Å². The predicted molar refractivity (Wildman–Crippen MR) is 27.6 cm³/mol. The molecule has 4 heteroatoms. The fraction of sp³-hybridized carbons (Fsp3) is 0.250. The first kappa shape index (κ1) is 6.95. The molecule has 0 unspecified atom stereocenters. The Morgan fingerprint density at radius 2 is 2.12 bits per heavy atom. The molecule has 0 aliphatic heterocycles. The Kier molecular flexibility index (Phi) is 2.62. The molecule has 0 radical (unpaired) electrons. The average molecular weight is 114 g/mol. The molecule has 0 aliphatic carbocycles. The van der Waals surface area contributed by atoms with Crippen LogP contribution < -0.4 is 11.5 Å². The molecule has 0 aromatic rings. The first-order valence-electron chi connectivity index (χ1n) is 1.88. The highest BCUT2D eigenvalue weighted by atomic mass is 16.4. The molecule has 0 fully saturated rings. The summed E-state index contributed by atoms with van der Waals surface area (Å²) in [6, 6.07) is 0. The Bertz CT molecular complexity index is 142. The van der Waals surface area contributed by atoms with Crippen molar-refractivity contribution in [3.05, 3.63) is 0 Å². The van der Waals surface area contributed by atoms with Gasteiger partial charge in [0.1, 0.15) is 6.17 Å². The first-order chi connectivity index (χ1) is 3.63. The highest BCUT2D eigenvalue weighted by Gasteiger charge is 1.84.